The van der Waals surface area contributed by atoms with Gasteiger partial charge in [0.2, 0.25) is 0 Å². The van der Waals surface area contributed by atoms with Crippen LogP contribution in [0.5, 0.6) is 0 Å². The second-order valence-electron chi connectivity index (χ2n) is 6.58. The van der Waals surface area contributed by atoms with Crippen LogP contribution >= 0.6 is 0 Å². The summed E-state index contributed by atoms with van der Waals surface area (Å²) in [5.41, 5.74) is 6.06. The number of hydrogen-bond donors (Lipinski definition) is 1. The van der Waals surface area contributed by atoms with Gasteiger partial charge < -0.3 is 5.32 Å². The van der Waals surface area contributed by atoms with Crippen molar-refractivity contribution in [2.45, 2.75) is 26.8 Å². The predicted octanol–water partition coefficient (Wildman–Crippen LogP) is 3.59. The molecule has 3 aromatic heterocycles. The highest BCUT2D eigenvalue weighted by atomic mass is 16.1. The second-order valence-corrected chi connectivity index (χ2v) is 6.58. The molecule has 4 rings (SSSR count). The lowest BCUT2D eigenvalue weighted by Crippen LogP contribution is -2.25. The van der Waals surface area contributed by atoms with Crippen molar-refractivity contribution in [2.75, 3.05) is 0 Å². The Kier molecular flexibility index (Phi) is 4.85. The number of nitrogens with one attached hydrogen (secondary N) is 1. The quantitative estimate of drug-likeness (QED) is 0.582. The number of benzene rings is 1. The fourth-order valence-corrected chi connectivity index (χ4v) is 3.39. The zero-order chi connectivity index (χ0) is 19.5. The standard InChI is InChI=1S/C22H21N5O/c1-3-19-18(22(28)25-13-16-8-7-11-23-12-16)14-24-21-20(15(2)26-27(19)21)17-9-5-4-6-10-17/h4-12,14H,3,13H2,1-2H3,(H,25,28). The fourth-order valence-electron chi connectivity index (χ4n) is 3.39. The molecule has 1 aromatic carbocycles. The summed E-state index contributed by atoms with van der Waals surface area (Å²) in [7, 11) is 0. The molecule has 3 heterocycles. The third kappa shape index (κ3) is 3.24. The first-order valence-corrected chi connectivity index (χ1v) is 9.28. The van der Waals surface area contributed by atoms with E-state index in [1.165, 1.54) is 0 Å². The van der Waals surface area contributed by atoms with Crippen LogP contribution in [0.1, 0.15) is 34.2 Å². The van der Waals surface area contributed by atoms with Crippen LogP contribution in [0.4, 0.5) is 0 Å². The molecule has 0 bridgehead atoms. The first-order chi connectivity index (χ1) is 13.7. The van der Waals surface area contributed by atoms with E-state index in [-0.39, 0.29) is 5.91 Å². The minimum absolute atomic E-state index is 0.162. The van der Waals surface area contributed by atoms with E-state index in [4.69, 9.17) is 0 Å². The SMILES string of the molecule is CCc1c(C(=O)NCc2cccnc2)cnc2c(-c3ccccc3)c(C)nn12. The average molecular weight is 371 g/mol. The first-order valence-electron chi connectivity index (χ1n) is 9.28. The Bertz CT molecular complexity index is 1120. The minimum Gasteiger partial charge on any atom is -0.348 e. The molecule has 140 valence electrons. The summed E-state index contributed by atoms with van der Waals surface area (Å²) in [5.74, 6) is -0.162. The van der Waals surface area contributed by atoms with Gasteiger partial charge in [0.15, 0.2) is 5.65 Å². The van der Waals surface area contributed by atoms with E-state index in [0.717, 1.165) is 33.7 Å². The summed E-state index contributed by atoms with van der Waals surface area (Å²) in [5, 5.41) is 7.63. The van der Waals surface area contributed by atoms with E-state index in [9.17, 15) is 4.79 Å². The Labute approximate surface area is 163 Å². The van der Waals surface area contributed by atoms with Gasteiger partial charge in [0, 0.05) is 30.7 Å². The van der Waals surface area contributed by atoms with Crippen LogP contribution in [-0.4, -0.2) is 25.5 Å². The highest BCUT2D eigenvalue weighted by Gasteiger charge is 2.19. The molecule has 0 spiro atoms. The molecule has 0 saturated heterocycles. The molecule has 0 aliphatic heterocycles. The van der Waals surface area contributed by atoms with Crippen molar-refractivity contribution < 1.29 is 4.79 Å². The van der Waals surface area contributed by atoms with E-state index < -0.39 is 0 Å². The number of rotatable bonds is 5. The van der Waals surface area contributed by atoms with Gasteiger partial charge in [-0.3, -0.25) is 9.78 Å². The molecular weight excluding hydrogens is 350 g/mol. The van der Waals surface area contributed by atoms with Crippen molar-refractivity contribution in [3.8, 4) is 11.1 Å². The number of carbonyl (C=O) groups is 1. The lowest BCUT2D eigenvalue weighted by Gasteiger charge is -2.10. The second kappa shape index (κ2) is 7.60. The molecule has 0 unspecified atom stereocenters. The van der Waals surface area contributed by atoms with Crippen LogP contribution in [0.25, 0.3) is 16.8 Å². The third-order valence-corrected chi connectivity index (χ3v) is 4.74. The maximum Gasteiger partial charge on any atom is 0.254 e. The monoisotopic (exact) mass is 371 g/mol. The van der Waals surface area contributed by atoms with Crippen molar-refractivity contribution >= 4 is 11.6 Å². The number of amides is 1. The lowest BCUT2D eigenvalue weighted by atomic mass is 10.1. The molecule has 28 heavy (non-hydrogen) atoms. The molecule has 0 saturated carbocycles. The van der Waals surface area contributed by atoms with Gasteiger partial charge >= 0.3 is 0 Å². The van der Waals surface area contributed by atoms with Crippen LogP contribution in [0.2, 0.25) is 0 Å². The Hall–Kier alpha value is -3.54. The van der Waals surface area contributed by atoms with E-state index >= 15 is 0 Å². The zero-order valence-corrected chi connectivity index (χ0v) is 15.9. The Balaban J connectivity index is 1.72. The normalized spacial score (nSPS) is 10.9. The van der Waals surface area contributed by atoms with Crippen molar-refractivity contribution in [3.05, 3.63) is 83.6 Å². The van der Waals surface area contributed by atoms with Gasteiger partial charge in [-0.1, -0.05) is 43.3 Å². The van der Waals surface area contributed by atoms with Crippen molar-refractivity contribution in [3.63, 3.8) is 0 Å². The average Bonchev–Trinajstić information content (AvgIpc) is 3.08. The van der Waals surface area contributed by atoms with Gasteiger partial charge in [0.05, 0.1) is 17.0 Å². The zero-order valence-electron chi connectivity index (χ0n) is 15.9. The fraction of sp³-hybridized carbons (Fsp3) is 0.182. The van der Waals surface area contributed by atoms with Crippen LogP contribution in [0.15, 0.2) is 61.1 Å². The number of pyridine rings is 1. The van der Waals surface area contributed by atoms with Crippen LogP contribution in [0, 0.1) is 6.92 Å². The highest BCUT2D eigenvalue weighted by Crippen LogP contribution is 2.28. The maximum absolute atomic E-state index is 12.8. The molecule has 0 aliphatic rings. The van der Waals surface area contributed by atoms with Gasteiger partial charge in [0.25, 0.3) is 5.91 Å². The summed E-state index contributed by atoms with van der Waals surface area (Å²) in [6.45, 7) is 4.41. The highest BCUT2D eigenvalue weighted by molar-refractivity contribution is 5.95. The largest absolute Gasteiger partial charge is 0.348 e. The minimum atomic E-state index is -0.162. The smallest absolute Gasteiger partial charge is 0.254 e. The molecule has 0 radical (unpaired) electrons. The van der Waals surface area contributed by atoms with Crippen molar-refractivity contribution in [1.82, 2.24) is 24.9 Å². The first kappa shape index (κ1) is 17.9. The van der Waals surface area contributed by atoms with Gasteiger partial charge in [0.1, 0.15) is 0 Å². The van der Waals surface area contributed by atoms with Gasteiger partial charge in [-0.2, -0.15) is 5.10 Å². The summed E-state index contributed by atoms with van der Waals surface area (Å²) < 4.78 is 1.80. The predicted molar refractivity (Wildman–Crippen MR) is 108 cm³/mol. The Morgan fingerprint density at radius 1 is 1.11 bits per heavy atom. The van der Waals surface area contributed by atoms with Crippen molar-refractivity contribution in [1.29, 1.82) is 0 Å². The summed E-state index contributed by atoms with van der Waals surface area (Å²) in [6, 6.07) is 13.9. The van der Waals surface area contributed by atoms with E-state index in [1.54, 1.807) is 23.1 Å². The van der Waals surface area contributed by atoms with Gasteiger partial charge in [-0.05, 0) is 30.5 Å². The molecule has 6 heteroatoms. The number of nitrogens with zero attached hydrogens (tertiary/aromatic N) is 4. The van der Waals surface area contributed by atoms with E-state index in [2.05, 4.69) is 20.4 Å². The van der Waals surface area contributed by atoms with Gasteiger partial charge in [-0.15, -0.1) is 0 Å². The van der Waals surface area contributed by atoms with Gasteiger partial charge in [-0.25, -0.2) is 9.50 Å². The molecule has 1 amide bonds. The number of aromatic nitrogens is 4. The number of carbonyl (C=O) groups excluding carboxylic acids is 1. The third-order valence-electron chi connectivity index (χ3n) is 4.74. The summed E-state index contributed by atoms with van der Waals surface area (Å²) in [6.07, 6.45) is 5.78. The molecule has 4 aromatic rings. The molecule has 0 atom stereocenters. The lowest BCUT2D eigenvalue weighted by molar-refractivity contribution is 0.0949. The maximum atomic E-state index is 12.8. The summed E-state index contributed by atoms with van der Waals surface area (Å²) >= 11 is 0. The van der Waals surface area contributed by atoms with Crippen LogP contribution < -0.4 is 5.32 Å². The summed E-state index contributed by atoms with van der Waals surface area (Å²) in [4.78, 5) is 21.5. The molecule has 0 fully saturated rings. The number of fused-ring (bicyclic) bond motifs is 1. The van der Waals surface area contributed by atoms with E-state index in [0.29, 0.717) is 18.5 Å². The van der Waals surface area contributed by atoms with Crippen molar-refractivity contribution in [2.24, 2.45) is 0 Å². The molecular formula is C22H21N5O. The number of aryl methyl sites for hydroxylation is 2. The number of hydrogen-bond acceptors (Lipinski definition) is 4. The molecule has 0 aliphatic carbocycles. The Morgan fingerprint density at radius 3 is 2.64 bits per heavy atom. The molecule has 6 nitrogen and oxygen atoms in total. The Morgan fingerprint density at radius 2 is 1.93 bits per heavy atom. The van der Waals surface area contributed by atoms with Crippen LogP contribution in [-0.2, 0) is 13.0 Å². The van der Waals surface area contributed by atoms with Crippen LogP contribution in [0.3, 0.4) is 0 Å². The topological polar surface area (TPSA) is 72.2 Å². The molecule has 1 N–H and O–H groups in total. The van der Waals surface area contributed by atoms with E-state index in [1.807, 2.05) is 56.3 Å².